The van der Waals surface area contributed by atoms with Crippen LogP contribution in [0.1, 0.15) is 96.8 Å². The second-order valence-electron chi connectivity index (χ2n) is 9.51. The molecule has 0 saturated carbocycles. The molecule has 0 aromatic heterocycles. The molecule has 194 valence electrons. The molecule has 2 fully saturated rings. The summed E-state index contributed by atoms with van der Waals surface area (Å²) >= 11 is 0. The van der Waals surface area contributed by atoms with Crippen molar-refractivity contribution >= 4 is 5.97 Å². The summed E-state index contributed by atoms with van der Waals surface area (Å²) < 4.78 is 21.3. The maximum atomic E-state index is 12.0. The highest BCUT2D eigenvalue weighted by Crippen LogP contribution is 2.32. The van der Waals surface area contributed by atoms with Crippen LogP contribution in [-0.2, 0) is 23.7 Å². The van der Waals surface area contributed by atoms with E-state index in [0.717, 1.165) is 32.1 Å². The highest BCUT2D eigenvalue weighted by atomic mass is 16.7. The summed E-state index contributed by atoms with van der Waals surface area (Å²) in [5.41, 5.74) is 0. The molecule has 2 rings (SSSR count). The largest absolute Gasteiger partial charge is 0.463 e. The van der Waals surface area contributed by atoms with Crippen LogP contribution in [0.25, 0.3) is 0 Å². The summed E-state index contributed by atoms with van der Waals surface area (Å²) in [6, 6.07) is 0. The zero-order chi connectivity index (χ0) is 24.1. The van der Waals surface area contributed by atoms with Crippen molar-refractivity contribution in [3.05, 3.63) is 0 Å². The first-order valence-electron chi connectivity index (χ1n) is 13.0. The van der Waals surface area contributed by atoms with E-state index in [0.29, 0.717) is 18.6 Å². The summed E-state index contributed by atoms with van der Waals surface area (Å²) in [6.45, 7) is 2.06. The van der Waals surface area contributed by atoms with E-state index < -0.39 is 30.7 Å². The van der Waals surface area contributed by atoms with E-state index in [1.807, 2.05) is 0 Å². The van der Waals surface area contributed by atoms with Crippen LogP contribution in [0, 0.1) is 0 Å². The van der Waals surface area contributed by atoms with Crippen LogP contribution < -0.4 is 0 Å². The van der Waals surface area contributed by atoms with Gasteiger partial charge in [-0.15, -0.1) is 0 Å². The molecule has 2 heterocycles. The minimum atomic E-state index is -1.42. The summed E-state index contributed by atoms with van der Waals surface area (Å²) in [4.78, 5) is 12.0. The Bertz CT molecular complexity index is 529. The lowest BCUT2D eigenvalue weighted by Crippen LogP contribution is -2.59. The van der Waals surface area contributed by atoms with E-state index in [-0.39, 0.29) is 12.6 Å². The minimum Gasteiger partial charge on any atom is -0.463 e. The maximum Gasteiger partial charge on any atom is 0.305 e. The van der Waals surface area contributed by atoms with Gasteiger partial charge in [0.1, 0.15) is 31.0 Å². The van der Waals surface area contributed by atoms with Crippen molar-refractivity contribution in [3.63, 3.8) is 0 Å². The standard InChI is InChI=1S/C25H46O8/c1-3-4-5-6-8-11-14-18-19(32-18)15-12-9-7-10-13-16-21(26)31-17-20-22(27)23(28)24(29)25(30-2)33-20/h18-20,22-25,27-29H,3-17H2,1-2H3/t18?,19?,20?,22-,23+,24?,25+/m1/s1. The van der Waals surface area contributed by atoms with E-state index in [1.165, 1.54) is 58.5 Å². The fourth-order valence-corrected chi connectivity index (χ4v) is 4.45. The number of ether oxygens (including phenoxy) is 4. The van der Waals surface area contributed by atoms with Crippen LogP contribution in [0.15, 0.2) is 0 Å². The quantitative estimate of drug-likeness (QED) is 0.157. The van der Waals surface area contributed by atoms with Crippen LogP contribution in [0.3, 0.4) is 0 Å². The van der Waals surface area contributed by atoms with Gasteiger partial charge in [0.25, 0.3) is 0 Å². The van der Waals surface area contributed by atoms with Crippen molar-refractivity contribution in [1.82, 2.24) is 0 Å². The van der Waals surface area contributed by atoms with E-state index in [4.69, 9.17) is 18.9 Å². The molecule has 0 aromatic rings. The third-order valence-electron chi connectivity index (χ3n) is 6.71. The molecule has 33 heavy (non-hydrogen) atoms. The van der Waals surface area contributed by atoms with E-state index in [9.17, 15) is 20.1 Å². The number of carbonyl (C=O) groups excluding carboxylic acids is 1. The molecule has 3 N–H and O–H groups in total. The Kier molecular flexibility index (Phi) is 13.8. The lowest BCUT2D eigenvalue weighted by Gasteiger charge is -2.39. The Hall–Kier alpha value is -0.770. The number of esters is 1. The number of hydrogen-bond acceptors (Lipinski definition) is 8. The molecular weight excluding hydrogens is 428 g/mol. The second kappa shape index (κ2) is 16.0. The predicted molar refractivity (Wildman–Crippen MR) is 124 cm³/mol. The first-order valence-corrected chi connectivity index (χ1v) is 13.0. The topological polar surface area (TPSA) is 118 Å². The van der Waals surface area contributed by atoms with Crippen LogP contribution >= 0.6 is 0 Å². The fraction of sp³-hybridized carbons (Fsp3) is 0.960. The number of aliphatic hydroxyl groups excluding tert-OH is 3. The van der Waals surface area contributed by atoms with Gasteiger partial charge in [-0.25, -0.2) is 0 Å². The first kappa shape index (κ1) is 28.5. The summed E-state index contributed by atoms with van der Waals surface area (Å²) in [6.07, 6.45) is 10.7. The molecule has 0 amide bonds. The molecule has 0 spiro atoms. The summed E-state index contributed by atoms with van der Waals surface area (Å²) in [5, 5.41) is 29.6. The zero-order valence-electron chi connectivity index (χ0n) is 20.5. The van der Waals surface area contributed by atoms with Gasteiger partial charge < -0.3 is 34.3 Å². The third-order valence-corrected chi connectivity index (χ3v) is 6.71. The SMILES string of the molecule is CCCCCCCCC1OC1CCCCCCCC(=O)OCC1O[C@H](OC)C(O)[C@@H](O)[C@@H]1O. The van der Waals surface area contributed by atoms with Gasteiger partial charge in [0.2, 0.25) is 0 Å². The van der Waals surface area contributed by atoms with E-state index in [1.54, 1.807) is 0 Å². The normalized spacial score (nSPS) is 31.5. The summed E-state index contributed by atoms with van der Waals surface area (Å²) in [5.74, 6) is -0.357. The van der Waals surface area contributed by atoms with Crippen molar-refractivity contribution in [1.29, 1.82) is 0 Å². The molecular formula is C25H46O8. The van der Waals surface area contributed by atoms with Gasteiger partial charge in [0, 0.05) is 13.5 Å². The van der Waals surface area contributed by atoms with Crippen LogP contribution in [0.5, 0.6) is 0 Å². The number of carbonyl (C=O) groups is 1. The maximum absolute atomic E-state index is 12.0. The average Bonchev–Trinajstić information content (AvgIpc) is 3.56. The number of methoxy groups -OCH3 is 1. The number of unbranched alkanes of at least 4 members (excludes halogenated alkanes) is 9. The molecule has 0 aromatic carbocycles. The van der Waals surface area contributed by atoms with Crippen LogP contribution in [0.2, 0.25) is 0 Å². The third kappa shape index (κ3) is 10.6. The number of hydrogen-bond donors (Lipinski definition) is 3. The van der Waals surface area contributed by atoms with Gasteiger partial charge in [-0.2, -0.15) is 0 Å². The molecule has 8 heteroatoms. The summed E-state index contributed by atoms with van der Waals surface area (Å²) in [7, 11) is 1.33. The van der Waals surface area contributed by atoms with Crippen molar-refractivity contribution in [2.24, 2.45) is 0 Å². The van der Waals surface area contributed by atoms with Gasteiger partial charge >= 0.3 is 5.97 Å². The van der Waals surface area contributed by atoms with Gasteiger partial charge in [-0.05, 0) is 19.3 Å². The van der Waals surface area contributed by atoms with E-state index >= 15 is 0 Å². The van der Waals surface area contributed by atoms with E-state index in [2.05, 4.69) is 6.92 Å². The predicted octanol–water partition coefficient (Wildman–Crippen LogP) is 3.23. The zero-order valence-corrected chi connectivity index (χ0v) is 20.5. The lowest BCUT2D eigenvalue weighted by atomic mass is 9.99. The average molecular weight is 475 g/mol. The molecule has 2 aliphatic heterocycles. The van der Waals surface area contributed by atoms with Crippen molar-refractivity contribution in [2.75, 3.05) is 13.7 Å². The van der Waals surface area contributed by atoms with Gasteiger partial charge in [0.15, 0.2) is 6.29 Å². The minimum absolute atomic E-state index is 0.190. The second-order valence-corrected chi connectivity index (χ2v) is 9.51. The van der Waals surface area contributed by atoms with Gasteiger partial charge in [0.05, 0.1) is 12.2 Å². The number of aliphatic hydroxyl groups is 3. The Morgan fingerprint density at radius 1 is 0.727 bits per heavy atom. The Morgan fingerprint density at radius 2 is 1.30 bits per heavy atom. The first-order chi connectivity index (χ1) is 16.0. The Labute approximate surface area is 198 Å². The molecule has 2 saturated heterocycles. The molecule has 2 aliphatic rings. The molecule has 0 bridgehead atoms. The molecule has 0 aliphatic carbocycles. The van der Waals surface area contributed by atoms with Crippen LogP contribution in [0.4, 0.5) is 0 Å². The number of epoxide rings is 1. The lowest BCUT2D eigenvalue weighted by molar-refractivity contribution is -0.295. The highest BCUT2D eigenvalue weighted by Gasteiger charge is 2.44. The Morgan fingerprint density at radius 3 is 1.91 bits per heavy atom. The molecule has 0 radical (unpaired) electrons. The van der Waals surface area contributed by atoms with Crippen molar-refractivity contribution < 1.29 is 39.1 Å². The fourth-order valence-electron chi connectivity index (χ4n) is 4.45. The van der Waals surface area contributed by atoms with Gasteiger partial charge in [-0.3, -0.25) is 4.79 Å². The van der Waals surface area contributed by atoms with Crippen molar-refractivity contribution in [3.8, 4) is 0 Å². The smallest absolute Gasteiger partial charge is 0.305 e. The molecule has 7 atom stereocenters. The van der Waals surface area contributed by atoms with Gasteiger partial charge in [-0.1, -0.05) is 71.1 Å². The number of rotatable bonds is 18. The Balaban J connectivity index is 1.40. The van der Waals surface area contributed by atoms with Crippen LogP contribution in [-0.4, -0.2) is 77.9 Å². The van der Waals surface area contributed by atoms with Crippen molar-refractivity contribution in [2.45, 2.75) is 140 Å². The highest BCUT2D eigenvalue weighted by molar-refractivity contribution is 5.69. The molecule has 8 nitrogen and oxygen atoms in total. The molecule has 4 unspecified atom stereocenters. The monoisotopic (exact) mass is 474 g/mol.